The predicted octanol–water partition coefficient (Wildman–Crippen LogP) is 2.84. The number of hydrogen-bond donors (Lipinski definition) is 2. The zero-order chi connectivity index (χ0) is 22.2. The van der Waals surface area contributed by atoms with Crippen LogP contribution in [0.1, 0.15) is 16.8 Å². The van der Waals surface area contributed by atoms with Crippen LogP contribution in [0.4, 0.5) is 5.69 Å². The monoisotopic (exact) mass is 505 g/mol. The molecular weight excluding hydrogens is 482 g/mol. The van der Waals surface area contributed by atoms with Gasteiger partial charge in [0.15, 0.2) is 0 Å². The van der Waals surface area contributed by atoms with Crippen molar-refractivity contribution in [3.63, 3.8) is 0 Å². The lowest BCUT2D eigenvalue weighted by molar-refractivity contribution is -0.126. The number of rotatable bonds is 8. The second kappa shape index (κ2) is 11.2. The van der Waals surface area contributed by atoms with E-state index < -0.39 is 6.04 Å². The maximum Gasteiger partial charge on any atom is 0.253 e. The van der Waals surface area contributed by atoms with Crippen LogP contribution < -0.4 is 20.3 Å². The van der Waals surface area contributed by atoms with Crippen LogP contribution in [-0.2, 0) is 9.59 Å². The molecule has 9 heteroatoms. The number of nitrogens with zero attached hydrogens (tertiary/aromatic N) is 1. The minimum absolute atomic E-state index is 0.159. The molecule has 0 saturated carbocycles. The first-order chi connectivity index (χ1) is 15.0. The first-order valence-corrected chi connectivity index (χ1v) is 12.0. The number of fused-ring (bicyclic) bond motifs is 1. The second-order valence-electron chi connectivity index (χ2n) is 6.87. The van der Waals surface area contributed by atoms with Crippen molar-refractivity contribution >= 4 is 51.1 Å². The molecule has 0 aromatic heterocycles. The molecule has 1 unspecified atom stereocenters. The van der Waals surface area contributed by atoms with Crippen molar-refractivity contribution in [2.75, 3.05) is 36.6 Å². The Kier molecular flexibility index (Phi) is 8.36. The summed E-state index contributed by atoms with van der Waals surface area (Å²) in [4.78, 5) is 39.8. The molecule has 0 fully saturated rings. The standard InChI is InChI=1S/C22H24BrN3O4S/c1-31-13-10-17(25-21(28)15-6-2-3-7-16(15)23)22(29)24-14-20(27)26-11-12-30-19-9-5-4-8-18(19)26/h2-9,17H,10-14H2,1H3,(H,24,29)(H,25,28). The van der Waals surface area contributed by atoms with Gasteiger partial charge in [-0.2, -0.15) is 11.8 Å². The normalized spacial score (nSPS) is 13.5. The number of benzene rings is 2. The van der Waals surface area contributed by atoms with Crippen molar-refractivity contribution in [1.82, 2.24) is 10.6 Å². The van der Waals surface area contributed by atoms with Crippen LogP contribution in [-0.4, -0.2) is 55.5 Å². The number of nitrogens with one attached hydrogen (secondary N) is 2. The highest BCUT2D eigenvalue weighted by molar-refractivity contribution is 9.10. The van der Waals surface area contributed by atoms with Gasteiger partial charge in [-0.15, -0.1) is 0 Å². The van der Waals surface area contributed by atoms with Crippen molar-refractivity contribution in [1.29, 1.82) is 0 Å². The number of amides is 3. The van der Waals surface area contributed by atoms with Crippen LogP contribution >= 0.6 is 27.7 Å². The number of thioether (sulfide) groups is 1. The fourth-order valence-electron chi connectivity index (χ4n) is 3.20. The average Bonchev–Trinajstić information content (AvgIpc) is 2.79. The van der Waals surface area contributed by atoms with Gasteiger partial charge in [-0.1, -0.05) is 24.3 Å². The lowest BCUT2D eigenvalue weighted by Gasteiger charge is -2.29. The van der Waals surface area contributed by atoms with Crippen molar-refractivity contribution in [3.8, 4) is 5.75 Å². The molecule has 1 heterocycles. The molecule has 2 N–H and O–H groups in total. The molecule has 2 aromatic carbocycles. The Labute approximate surface area is 194 Å². The third-order valence-electron chi connectivity index (χ3n) is 4.79. The van der Waals surface area contributed by atoms with Crippen LogP contribution in [0.3, 0.4) is 0 Å². The van der Waals surface area contributed by atoms with Gasteiger partial charge in [-0.05, 0) is 58.6 Å². The van der Waals surface area contributed by atoms with E-state index in [1.54, 1.807) is 34.9 Å². The SMILES string of the molecule is CSCCC(NC(=O)c1ccccc1Br)C(=O)NCC(=O)N1CCOc2ccccc21. The molecule has 0 spiro atoms. The van der Waals surface area contributed by atoms with Gasteiger partial charge < -0.3 is 20.3 Å². The molecular formula is C22H24BrN3O4S. The highest BCUT2D eigenvalue weighted by atomic mass is 79.9. The van der Waals surface area contributed by atoms with E-state index in [4.69, 9.17) is 4.74 Å². The van der Waals surface area contributed by atoms with Crippen LogP contribution in [0.2, 0.25) is 0 Å². The molecule has 0 aliphatic carbocycles. The molecule has 31 heavy (non-hydrogen) atoms. The minimum atomic E-state index is -0.739. The summed E-state index contributed by atoms with van der Waals surface area (Å²) in [5, 5.41) is 5.47. The van der Waals surface area contributed by atoms with Gasteiger partial charge in [-0.25, -0.2) is 0 Å². The maximum atomic E-state index is 12.8. The Bertz CT molecular complexity index is 956. The number of halogens is 1. The number of hydrogen-bond acceptors (Lipinski definition) is 5. The third-order valence-corrected chi connectivity index (χ3v) is 6.13. The van der Waals surface area contributed by atoms with Gasteiger partial charge in [0.25, 0.3) is 5.91 Å². The molecule has 0 bridgehead atoms. The van der Waals surface area contributed by atoms with Crippen molar-refractivity contribution in [2.45, 2.75) is 12.5 Å². The van der Waals surface area contributed by atoms with E-state index in [-0.39, 0.29) is 24.3 Å². The predicted molar refractivity (Wildman–Crippen MR) is 126 cm³/mol. The summed E-state index contributed by atoms with van der Waals surface area (Å²) in [6.45, 7) is 0.656. The van der Waals surface area contributed by atoms with E-state index in [1.165, 1.54) is 0 Å². The molecule has 1 aliphatic heterocycles. The fourth-order valence-corrected chi connectivity index (χ4v) is 4.13. The maximum absolute atomic E-state index is 12.8. The molecule has 7 nitrogen and oxygen atoms in total. The number of carbonyl (C=O) groups excluding carboxylic acids is 3. The number of anilines is 1. The summed E-state index contributed by atoms with van der Waals surface area (Å²) < 4.78 is 6.22. The zero-order valence-electron chi connectivity index (χ0n) is 17.1. The number of carbonyl (C=O) groups is 3. The van der Waals surface area contributed by atoms with E-state index >= 15 is 0 Å². The van der Waals surface area contributed by atoms with Crippen LogP contribution in [0.5, 0.6) is 5.75 Å². The molecule has 3 rings (SSSR count). The van der Waals surface area contributed by atoms with E-state index in [0.717, 1.165) is 0 Å². The Balaban J connectivity index is 1.62. The van der Waals surface area contributed by atoms with E-state index in [1.807, 2.05) is 36.6 Å². The van der Waals surface area contributed by atoms with Gasteiger partial charge in [-0.3, -0.25) is 14.4 Å². The van der Waals surface area contributed by atoms with Gasteiger partial charge in [0.05, 0.1) is 24.3 Å². The molecule has 0 saturated heterocycles. The van der Waals surface area contributed by atoms with Gasteiger partial charge in [0, 0.05) is 4.47 Å². The Hall–Kier alpha value is -2.52. The van der Waals surface area contributed by atoms with Gasteiger partial charge in [0.1, 0.15) is 18.4 Å². The third kappa shape index (κ3) is 6.01. The van der Waals surface area contributed by atoms with E-state index in [0.29, 0.717) is 46.8 Å². The molecule has 0 radical (unpaired) electrons. The molecule has 2 aromatic rings. The Morgan fingerprint density at radius 3 is 2.68 bits per heavy atom. The van der Waals surface area contributed by atoms with Crippen LogP contribution in [0, 0.1) is 0 Å². The van der Waals surface area contributed by atoms with Crippen LogP contribution in [0.15, 0.2) is 53.0 Å². The molecule has 1 aliphatic rings. The summed E-state index contributed by atoms with van der Waals surface area (Å²) in [5.41, 5.74) is 1.14. The van der Waals surface area contributed by atoms with Crippen molar-refractivity contribution in [3.05, 3.63) is 58.6 Å². The van der Waals surface area contributed by atoms with E-state index in [2.05, 4.69) is 26.6 Å². The highest BCUT2D eigenvalue weighted by Crippen LogP contribution is 2.30. The van der Waals surface area contributed by atoms with Gasteiger partial charge in [0.2, 0.25) is 11.8 Å². The quantitative estimate of drug-likeness (QED) is 0.575. The Morgan fingerprint density at radius 1 is 1.16 bits per heavy atom. The molecule has 1 atom stereocenters. The first-order valence-electron chi connectivity index (χ1n) is 9.85. The first kappa shape index (κ1) is 23.1. The summed E-state index contributed by atoms with van der Waals surface area (Å²) >= 11 is 4.94. The summed E-state index contributed by atoms with van der Waals surface area (Å²) in [6, 6.07) is 13.6. The fraction of sp³-hybridized carbons (Fsp3) is 0.318. The van der Waals surface area contributed by atoms with Gasteiger partial charge >= 0.3 is 0 Å². The molecule has 164 valence electrons. The summed E-state index contributed by atoms with van der Waals surface area (Å²) in [5.74, 6) is 0.377. The Morgan fingerprint density at radius 2 is 1.90 bits per heavy atom. The zero-order valence-corrected chi connectivity index (χ0v) is 19.5. The largest absolute Gasteiger partial charge is 0.490 e. The smallest absolute Gasteiger partial charge is 0.253 e. The minimum Gasteiger partial charge on any atom is -0.490 e. The lowest BCUT2D eigenvalue weighted by atomic mass is 10.1. The number of ether oxygens (including phenoxy) is 1. The lowest BCUT2D eigenvalue weighted by Crippen LogP contribution is -2.50. The summed E-state index contributed by atoms with van der Waals surface area (Å²) in [6.07, 6.45) is 2.39. The highest BCUT2D eigenvalue weighted by Gasteiger charge is 2.26. The summed E-state index contributed by atoms with van der Waals surface area (Å²) in [7, 11) is 0. The second-order valence-corrected chi connectivity index (χ2v) is 8.71. The van der Waals surface area contributed by atoms with E-state index in [9.17, 15) is 14.4 Å². The number of para-hydroxylation sites is 2. The van der Waals surface area contributed by atoms with Crippen molar-refractivity contribution < 1.29 is 19.1 Å². The van der Waals surface area contributed by atoms with Crippen molar-refractivity contribution in [2.24, 2.45) is 0 Å². The average molecular weight is 506 g/mol. The van der Waals surface area contributed by atoms with Crippen LogP contribution in [0.25, 0.3) is 0 Å². The topological polar surface area (TPSA) is 87.7 Å². The molecule has 3 amide bonds.